The lowest BCUT2D eigenvalue weighted by molar-refractivity contribution is 0.323. The van der Waals surface area contributed by atoms with Gasteiger partial charge in [-0.3, -0.25) is 0 Å². The number of hydrogen-bond donors (Lipinski definition) is 0. The van der Waals surface area contributed by atoms with Gasteiger partial charge >= 0.3 is 0 Å². The molecule has 0 saturated heterocycles. The zero-order valence-corrected chi connectivity index (χ0v) is 10.8. The van der Waals surface area contributed by atoms with Crippen LogP contribution in [0.1, 0.15) is 5.56 Å². The van der Waals surface area contributed by atoms with Gasteiger partial charge in [-0.2, -0.15) is 0 Å². The van der Waals surface area contributed by atoms with Crippen LogP contribution in [0.5, 0.6) is 5.75 Å². The zero-order chi connectivity index (χ0) is 12.1. The van der Waals surface area contributed by atoms with Crippen LogP contribution in [-0.2, 0) is 0 Å². The Morgan fingerprint density at radius 1 is 1.35 bits per heavy atom. The molecule has 5 heteroatoms. The second kappa shape index (κ2) is 5.63. The highest BCUT2D eigenvalue weighted by Gasteiger charge is 2.04. The van der Waals surface area contributed by atoms with E-state index < -0.39 is 0 Å². The van der Waals surface area contributed by atoms with Gasteiger partial charge in [-0.1, -0.05) is 29.5 Å². The fourth-order valence-electron chi connectivity index (χ4n) is 1.44. The number of anilines is 1. The van der Waals surface area contributed by atoms with Crippen molar-refractivity contribution in [2.45, 2.75) is 6.92 Å². The van der Waals surface area contributed by atoms with Gasteiger partial charge in [0, 0.05) is 7.05 Å². The van der Waals surface area contributed by atoms with Crippen LogP contribution in [0, 0.1) is 6.92 Å². The first-order chi connectivity index (χ1) is 8.27. The summed E-state index contributed by atoms with van der Waals surface area (Å²) in [4.78, 5) is 2.04. The number of aromatic nitrogens is 2. The third-order valence-corrected chi connectivity index (χ3v) is 3.26. The summed E-state index contributed by atoms with van der Waals surface area (Å²) < 4.78 is 5.72. The van der Waals surface area contributed by atoms with Crippen LogP contribution in [0.25, 0.3) is 0 Å². The van der Waals surface area contributed by atoms with E-state index in [1.54, 1.807) is 5.51 Å². The van der Waals surface area contributed by atoms with Gasteiger partial charge in [0.05, 0.1) is 6.54 Å². The normalized spacial score (nSPS) is 10.2. The van der Waals surface area contributed by atoms with Gasteiger partial charge < -0.3 is 9.64 Å². The third kappa shape index (κ3) is 3.17. The van der Waals surface area contributed by atoms with E-state index in [2.05, 4.69) is 10.2 Å². The first-order valence-corrected chi connectivity index (χ1v) is 6.31. The molecule has 0 aliphatic carbocycles. The van der Waals surface area contributed by atoms with Crippen molar-refractivity contribution in [2.75, 3.05) is 25.1 Å². The van der Waals surface area contributed by atoms with Crippen LogP contribution < -0.4 is 9.64 Å². The smallest absolute Gasteiger partial charge is 0.207 e. The summed E-state index contributed by atoms with van der Waals surface area (Å²) in [5, 5.41) is 8.72. The number of nitrogens with zero attached hydrogens (tertiary/aromatic N) is 3. The van der Waals surface area contributed by atoms with Gasteiger partial charge in [-0.25, -0.2) is 0 Å². The lowest BCUT2D eigenvalue weighted by atomic mass is 10.2. The predicted molar refractivity (Wildman–Crippen MR) is 69.9 cm³/mol. The first-order valence-electron chi connectivity index (χ1n) is 5.43. The fourth-order valence-corrected chi connectivity index (χ4v) is 1.99. The maximum atomic E-state index is 5.72. The Morgan fingerprint density at radius 3 is 2.88 bits per heavy atom. The molecule has 1 aromatic heterocycles. The number of ether oxygens (including phenoxy) is 1. The van der Waals surface area contributed by atoms with E-state index in [9.17, 15) is 0 Å². The summed E-state index contributed by atoms with van der Waals surface area (Å²) in [6, 6.07) is 8.02. The van der Waals surface area contributed by atoms with Gasteiger partial charge in [-0.05, 0) is 18.6 Å². The van der Waals surface area contributed by atoms with Crippen LogP contribution in [0.2, 0.25) is 0 Å². The monoisotopic (exact) mass is 249 g/mol. The number of likely N-dealkylation sites (N-methyl/N-ethyl adjacent to an activating group) is 1. The highest BCUT2D eigenvalue weighted by Crippen LogP contribution is 2.17. The molecule has 90 valence electrons. The molecule has 2 aromatic rings. The number of rotatable bonds is 5. The van der Waals surface area contributed by atoms with Crippen molar-refractivity contribution in [1.29, 1.82) is 0 Å². The van der Waals surface area contributed by atoms with Gasteiger partial charge in [0.25, 0.3) is 0 Å². The predicted octanol–water partition coefficient (Wildman–Crippen LogP) is 2.36. The summed E-state index contributed by atoms with van der Waals surface area (Å²) in [5.41, 5.74) is 2.89. The maximum absolute atomic E-state index is 5.72. The molecule has 0 atom stereocenters. The van der Waals surface area contributed by atoms with Gasteiger partial charge in [-0.15, -0.1) is 10.2 Å². The molecule has 0 aliphatic heterocycles. The molecule has 0 bridgehead atoms. The molecule has 0 aliphatic rings. The van der Waals surface area contributed by atoms with E-state index in [0.29, 0.717) is 6.61 Å². The summed E-state index contributed by atoms with van der Waals surface area (Å²) in [5.74, 6) is 0.943. The van der Waals surface area contributed by atoms with Crippen molar-refractivity contribution in [3.05, 3.63) is 35.3 Å². The molecule has 1 aromatic carbocycles. The van der Waals surface area contributed by atoms with E-state index in [4.69, 9.17) is 4.74 Å². The van der Waals surface area contributed by atoms with Crippen LogP contribution >= 0.6 is 11.3 Å². The molecule has 0 radical (unpaired) electrons. The first kappa shape index (κ1) is 11.9. The Balaban J connectivity index is 1.82. The number of benzene rings is 1. The molecule has 0 amide bonds. The Hall–Kier alpha value is -1.62. The fraction of sp³-hybridized carbons (Fsp3) is 0.333. The molecular weight excluding hydrogens is 234 g/mol. The van der Waals surface area contributed by atoms with E-state index >= 15 is 0 Å². The second-order valence-electron chi connectivity index (χ2n) is 3.76. The van der Waals surface area contributed by atoms with Crippen molar-refractivity contribution in [3.63, 3.8) is 0 Å². The van der Waals surface area contributed by atoms with Crippen molar-refractivity contribution in [3.8, 4) is 5.75 Å². The second-order valence-corrected chi connectivity index (χ2v) is 4.57. The maximum Gasteiger partial charge on any atom is 0.207 e. The third-order valence-electron chi connectivity index (χ3n) is 2.45. The molecule has 1 heterocycles. The van der Waals surface area contributed by atoms with Crippen molar-refractivity contribution >= 4 is 16.5 Å². The Labute approximate surface area is 105 Å². The van der Waals surface area contributed by atoms with Gasteiger partial charge in [0.15, 0.2) is 0 Å². The highest BCUT2D eigenvalue weighted by molar-refractivity contribution is 7.13. The van der Waals surface area contributed by atoms with Crippen LogP contribution in [0.15, 0.2) is 29.8 Å². The standard InChI is InChI=1S/C12H15N3OS/c1-10-5-3-4-6-11(10)16-8-7-15(2)12-14-13-9-17-12/h3-6,9H,7-8H2,1-2H3. The minimum atomic E-state index is 0.640. The molecule has 0 spiro atoms. The molecule has 0 saturated carbocycles. The lowest BCUT2D eigenvalue weighted by Gasteiger charge is -2.16. The van der Waals surface area contributed by atoms with Crippen LogP contribution in [0.3, 0.4) is 0 Å². The lowest BCUT2D eigenvalue weighted by Crippen LogP contribution is -2.23. The molecule has 0 fully saturated rings. The summed E-state index contributed by atoms with van der Waals surface area (Å²) >= 11 is 1.53. The van der Waals surface area contributed by atoms with Gasteiger partial charge in [0.1, 0.15) is 17.9 Å². The molecule has 0 N–H and O–H groups in total. The Bertz CT molecular complexity index is 459. The minimum Gasteiger partial charge on any atom is -0.491 e. The minimum absolute atomic E-state index is 0.640. The molecule has 2 rings (SSSR count). The zero-order valence-electron chi connectivity index (χ0n) is 9.96. The number of hydrogen-bond acceptors (Lipinski definition) is 5. The number of para-hydroxylation sites is 1. The van der Waals surface area contributed by atoms with Crippen molar-refractivity contribution in [2.24, 2.45) is 0 Å². The molecule has 4 nitrogen and oxygen atoms in total. The largest absolute Gasteiger partial charge is 0.491 e. The summed E-state index contributed by atoms with van der Waals surface area (Å²) in [6.07, 6.45) is 0. The quantitative estimate of drug-likeness (QED) is 0.815. The van der Waals surface area contributed by atoms with Gasteiger partial charge in [0.2, 0.25) is 5.13 Å². The summed E-state index contributed by atoms with van der Waals surface area (Å²) in [7, 11) is 1.99. The molecular formula is C12H15N3OS. The molecule has 0 unspecified atom stereocenters. The average molecular weight is 249 g/mol. The average Bonchev–Trinajstić information content (AvgIpc) is 2.85. The van der Waals surface area contributed by atoms with Crippen molar-refractivity contribution < 1.29 is 4.74 Å². The van der Waals surface area contributed by atoms with E-state index in [1.807, 2.05) is 43.1 Å². The number of aryl methyl sites for hydroxylation is 1. The van der Waals surface area contributed by atoms with E-state index in [1.165, 1.54) is 11.3 Å². The van der Waals surface area contributed by atoms with Crippen LogP contribution in [0.4, 0.5) is 5.13 Å². The summed E-state index contributed by atoms with van der Waals surface area (Å²) in [6.45, 7) is 3.48. The van der Waals surface area contributed by atoms with Crippen molar-refractivity contribution in [1.82, 2.24) is 10.2 Å². The molecule has 17 heavy (non-hydrogen) atoms. The Morgan fingerprint density at radius 2 is 2.18 bits per heavy atom. The van der Waals surface area contributed by atoms with Crippen LogP contribution in [-0.4, -0.2) is 30.4 Å². The van der Waals surface area contributed by atoms with E-state index in [0.717, 1.165) is 23.0 Å². The highest BCUT2D eigenvalue weighted by atomic mass is 32.1. The SMILES string of the molecule is Cc1ccccc1OCCN(C)c1nncs1. The van der Waals surface area contributed by atoms with E-state index in [-0.39, 0.29) is 0 Å². The topological polar surface area (TPSA) is 38.2 Å². The Kier molecular flexibility index (Phi) is 3.93.